The van der Waals surface area contributed by atoms with Gasteiger partial charge in [0.2, 0.25) is 11.8 Å². The SMILES string of the molecule is CCOC(=O)c1sc(-c2ccccc2)cc1NC(=O)CN1CCC(NC(=O)C2CCCCC2)CC1. The number of benzene rings is 1. The summed E-state index contributed by atoms with van der Waals surface area (Å²) in [4.78, 5) is 41.3. The fraction of sp³-hybridized carbons (Fsp3) is 0.519. The molecule has 188 valence electrons. The minimum atomic E-state index is -0.426. The predicted molar refractivity (Wildman–Crippen MR) is 139 cm³/mol. The van der Waals surface area contributed by atoms with Gasteiger partial charge in [0.1, 0.15) is 4.88 Å². The van der Waals surface area contributed by atoms with Crippen molar-refractivity contribution in [3.05, 3.63) is 41.3 Å². The van der Waals surface area contributed by atoms with Crippen molar-refractivity contribution >= 4 is 34.8 Å². The molecular formula is C27H35N3O4S. The van der Waals surface area contributed by atoms with E-state index in [2.05, 4.69) is 15.5 Å². The number of ether oxygens (including phenoxy) is 1. The Morgan fingerprint density at radius 2 is 1.74 bits per heavy atom. The molecule has 0 unspecified atom stereocenters. The second-order valence-corrected chi connectivity index (χ2v) is 10.4. The number of carbonyl (C=O) groups is 3. The van der Waals surface area contributed by atoms with E-state index in [1.807, 2.05) is 36.4 Å². The number of carbonyl (C=O) groups excluding carboxylic acids is 3. The van der Waals surface area contributed by atoms with Crippen LogP contribution in [0.5, 0.6) is 0 Å². The van der Waals surface area contributed by atoms with Gasteiger partial charge in [-0.3, -0.25) is 14.5 Å². The van der Waals surface area contributed by atoms with Crippen LogP contribution in [0.25, 0.3) is 10.4 Å². The Morgan fingerprint density at radius 1 is 1.03 bits per heavy atom. The van der Waals surface area contributed by atoms with Gasteiger partial charge in [0.05, 0.1) is 18.8 Å². The molecule has 1 saturated carbocycles. The molecule has 0 atom stereocenters. The molecule has 35 heavy (non-hydrogen) atoms. The second-order valence-electron chi connectivity index (χ2n) is 9.38. The van der Waals surface area contributed by atoms with Gasteiger partial charge in [0, 0.05) is 29.9 Å². The smallest absolute Gasteiger partial charge is 0.350 e. The van der Waals surface area contributed by atoms with Crippen molar-refractivity contribution in [3.8, 4) is 10.4 Å². The third kappa shape index (κ3) is 6.92. The number of nitrogens with one attached hydrogen (secondary N) is 2. The fourth-order valence-electron chi connectivity index (χ4n) is 4.89. The van der Waals surface area contributed by atoms with E-state index >= 15 is 0 Å². The lowest BCUT2D eigenvalue weighted by atomic mass is 9.88. The largest absolute Gasteiger partial charge is 0.462 e. The van der Waals surface area contributed by atoms with Crippen molar-refractivity contribution in [3.63, 3.8) is 0 Å². The molecule has 0 bridgehead atoms. The second kappa shape index (κ2) is 12.3. The van der Waals surface area contributed by atoms with E-state index in [1.165, 1.54) is 17.8 Å². The normalized spacial score (nSPS) is 17.6. The molecule has 1 aliphatic heterocycles. The summed E-state index contributed by atoms with van der Waals surface area (Å²) in [6.07, 6.45) is 7.25. The number of likely N-dealkylation sites (tertiary alicyclic amines) is 1. The van der Waals surface area contributed by atoms with Crippen LogP contribution in [0.4, 0.5) is 5.69 Å². The molecular weight excluding hydrogens is 462 g/mol. The summed E-state index contributed by atoms with van der Waals surface area (Å²) in [6, 6.07) is 11.8. The molecule has 2 fully saturated rings. The summed E-state index contributed by atoms with van der Waals surface area (Å²) < 4.78 is 5.21. The number of hydrogen-bond donors (Lipinski definition) is 2. The average molecular weight is 498 g/mol. The molecule has 2 heterocycles. The standard InChI is InChI=1S/C27H35N3O4S/c1-2-34-27(33)25-22(17-23(35-25)19-9-5-3-6-10-19)29-24(31)18-30-15-13-21(14-16-30)28-26(32)20-11-7-4-8-12-20/h3,5-6,9-10,17,20-21H,2,4,7-8,11-16,18H2,1H3,(H,28,32)(H,29,31). The summed E-state index contributed by atoms with van der Waals surface area (Å²) in [5, 5.41) is 6.17. The molecule has 0 radical (unpaired) electrons. The number of rotatable bonds is 8. The molecule has 1 aromatic carbocycles. The van der Waals surface area contributed by atoms with Gasteiger partial charge < -0.3 is 15.4 Å². The molecule has 2 amide bonds. The average Bonchev–Trinajstić information content (AvgIpc) is 3.30. The van der Waals surface area contributed by atoms with Gasteiger partial charge in [-0.2, -0.15) is 0 Å². The Balaban J connectivity index is 1.31. The van der Waals surface area contributed by atoms with Crippen LogP contribution in [0.1, 0.15) is 61.5 Å². The fourth-order valence-corrected chi connectivity index (χ4v) is 5.90. The number of anilines is 1. The minimum Gasteiger partial charge on any atom is -0.462 e. The first-order valence-corrected chi connectivity index (χ1v) is 13.5. The van der Waals surface area contributed by atoms with Crippen LogP contribution in [-0.2, 0) is 14.3 Å². The van der Waals surface area contributed by atoms with E-state index in [-0.39, 0.29) is 36.9 Å². The van der Waals surface area contributed by atoms with Crippen LogP contribution in [-0.4, -0.2) is 55.0 Å². The lowest BCUT2D eigenvalue weighted by Crippen LogP contribution is -2.48. The highest BCUT2D eigenvalue weighted by molar-refractivity contribution is 7.18. The van der Waals surface area contributed by atoms with Crippen molar-refractivity contribution in [1.82, 2.24) is 10.2 Å². The van der Waals surface area contributed by atoms with Crippen molar-refractivity contribution in [2.75, 3.05) is 31.6 Å². The highest BCUT2D eigenvalue weighted by Gasteiger charge is 2.27. The number of piperidine rings is 1. The highest BCUT2D eigenvalue weighted by Crippen LogP contribution is 2.35. The maximum absolute atomic E-state index is 12.9. The Hall–Kier alpha value is -2.71. The van der Waals surface area contributed by atoms with Crippen LogP contribution in [0.2, 0.25) is 0 Å². The summed E-state index contributed by atoms with van der Waals surface area (Å²) >= 11 is 1.32. The van der Waals surface area contributed by atoms with E-state index in [1.54, 1.807) is 6.92 Å². The van der Waals surface area contributed by atoms with Crippen molar-refractivity contribution in [2.24, 2.45) is 5.92 Å². The third-order valence-corrected chi connectivity index (χ3v) is 7.97. The van der Waals surface area contributed by atoms with Crippen LogP contribution < -0.4 is 10.6 Å². The van der Waals surface area contributed by atoms with Gasteiger partial charge in [-0.15, -0.1) is 11.3 Å². The van der Waals surface area contributed by atoms with Crippen molar-refractivity contribution in [2.45, 2.75) is 57.9 Å². The Labute approximate surface area is 211 Å². The summed E-state index contributed by atoms with van der Waals surface area (Å²) in [7, 11) is 0. The molecule has 4 rings (SSSR count). The maximum Gasteiger partial charge on any atom is 0.350 e. The zero-order valence-corrected chi connectivity index (χ0v) is 21.2. The van der Waals surface area contributed by atoms with Crippen LogP contribution in [0.3, 0.4) is 0 Å². The molecule has 1 aliphatic carbocycles. The molecule has 7 nitrogen and oxygen atoms in total. The topological polar surface area (TPSA) is 87.7 Å². The first-order valence-electron chi connectivity index (χ1n) is 12.7. The lowest BCUT2D eigenvalue weighted by Gasteiger charge is -2.33. The monoisotopic (exact) mass is 497 g/mol. The Bertz CT molecular complexity index is 1010. The van der Waals surface area contributed by atoms with Gasteiger partial charge in [-0.05, 0) is 44.2 Å². The molecule has 1 saturated heterocycles. The van der Waals surface area contributed by atoms with Gasteiger partial charge in [-0.25, -0.2) is 4.79 Å². The molecule has 0 spiro atoms. The number of nitrogens with zero attached hydrogens (tertiary/aromatic N) is 1. The number of hydrogen-bond acceptors (Lipinski definition) is 6. The van der Waals surface area contributed by atoms with Gasteiger partial charge in [-0.1, -0.05) is 49.6 Å². The van der Waals surface area contributed by atoms with E-state index in [0.717, 1.165) is 62.1 Å². The van der Waals surface area contributed by atoms with E-state index in [9.17, 15) is 14.4 Å². The first-order chi connectivity index (χ1) is 17.0. The van der Waals surface area contributed by atoms with Crippen LogP contribution >= 0.6 is 11.3 Å². The predicted octanol–water partition coefficient (Wildman–Crippen LogP) is 4.69. The molecule has 8 heteroatoms. The third-order valence-electron chi connectivity index (χ3n) is 6.80. The van der Waals surface area contributed by atoms with Crippen LogP contribution in [0, 0.1) is 5.92 Å². The molecule has 2 N–H and O–H groups in total. The minimum absolute atomic E-state index is 0.155. The Kier molecular flexibility index (Phi) is 8.93. The quantitative estimate of drug-likeness (QED) is 0.517. The van der Waals surface area contributed by atoms with Crippen molar-refractivity contribution in [1.29, 1.82) is 0 Å². The summed E-state index contributed by atoms with van der Waals surface area (Å²) in [6.45, 7) is 3.81. The molecule has 2 aliphatic rings. The Morgan fingerprint density at radius 3 is 2.43 bits per heavy atom. The van der Waals surface area contributed by atoms with Crippen molar-refractivity contribution < 1.29 is 19.1 Å². The van der Waals surface area contributed by atoms with E-state index in [0.29, 0.717) is 10.6 Å². The van der Waals surface area contributed by atoms with E-state index in [4.69, 9.17) is 4.74 Å². The number of esters is 1. The maximum atomic E-state index is 12.9. The number of amides is 2. The summed E-state index contributed by atoms with van der Waals surface area (Å²) in [5.74, 6) is -0.200. The zero-order chi connectivity index (χ0) is 24.6. The van der Waals surface area contributed by atoms with Crippen LogP contribution in [0.15, 0.2) is 36.4 Å². The van der Waals surface area contributed by atoms with Gasteiger partial charge in [0.15, 0.2) is 0 Å². The van der Waals surface area contributed by atoms with Gasteiger partial charge >= 0.3 is 5.97 Å². The number of thiophene rings is 1. The van der Waals surface area contributed by atoms with Gasteiger partial charge in [0.25, 0.3) is 0 Å². The summed E-state index contributed by atoms with van der Waals surface area (Å²) in [5.41, 5.74) is 1.48. The highest BCUT2D eigenvalue weighted by atomic mass is 32.1. The molecule has 1 aromatic heterocycles. The van der Waals surface area contributed by atoms with E-state index < -0.39 is 5.97 Å². The zero-order valence-electron chi connectivity index (χ0n) is 20.4. The lowest BCUT2D eigenvalue weighted by molar-refractivity contribution is -0.127. The molecule has 2 aromatic rings. The first kappa shape index (κ1) is 25.4.